The number of ether oxygens (including phenoxy) is 2. The molecule has 0 aliphatic carbocycles. The van der Waals surface area contributed by atoms with E-state index in [1.54, 1.807) is 48.5 Å². The number of hydrogen-bond donors (Lipinski definition) is 0. The molecule has 11 nitrogen and oxygen atoms in total. The largest absolute Gasteiger partial charge is 0.417 e. The van der Waals surface area contributed by atoms with E-state index in [1.165, 1.54) is 36.4 Å². The summed E-state index contributed by atoms with van der Waals surface area (Å²) in [5.74, 6) is -1.74. The molecular formula is C29H29N3O8S. The van der Waals surface area contributed by atoms with Crippen LogP contribution in [0.5, 0.6) is 0 Å². The molecule has 0 saturated carbocycles. The summed E-state index contributed by atoms with van der Waals surface area (Å²) in [5, 5.41) is 0. The smallest absolute Gasteiger partial charge is 0.372 e. The Kier molecular flexibility index (Phi) is 9.48. The topological polar surface area (TPSA) is 131 Å². The van der Waals surface area contributed by atoms with E-state index in [9.17, 15) is 27.6 Å². The Balaban J connectivity index is 1.55. The van der Waals surface area contributed by atoms with Gasteiger partial charge in [-0.2, -0.15) is 4.31 Å². The number of hydrogen-bond acceptors (Lipinski definition) is 8. The van der Waals surface area contributed by atoms with Crippen molar-refractivity contribution in [2.24, 2.45) is 0 Å². The molecule has 3 aromatic rings. The summed E-state index contributed by atoms with van der Waals surface area (Å²) in [4.78, 5) is 53.3. The second kappa shape index (κ2) is 13.2. The van der Waals surface area contributed by atoms with Gasteiger partial charge in [0.05, 0.1) is 16.0 Å². The molecule has 1 fully saturated rings. The number of carbonyl (C=O) groups excluding carboxylic acids is 4. The van der Waals surface area contributed by atoms with Crippen LogP contribution >= 0.6 is 0 Å². The highest BCUT2D eigenvalue weighted by Crippen LogP contribution is 2.18. The molecule has 1 aliphatic rings. The van der Waals surface area contributed by atoms with Crippen LogP contribution in [0, 0.1) is 6.92 Å². The zero-order valence-corrected chi connectivity index (χ0v) is 23.2. The lowest BCUT2D eigenvalue weighted by molar-refractivity contribution is 0.0491. The maximum atomic E-state index is 13.5. The Morgan fingerprint density at radius 1 is 0.585 bits per heavy atom. The molecular weight excluding hydrogens is 550 g/mol. The predicted octanol–water partition coefficient (Wildman–Crippen LogP) is 3.56. The highest BCUT2D eigenvalue weighted by atomic mass is 32.2. The highest BCUT2D eigenvalue weighted by Gasteiger charge is 2.31. The zero-order chi connectivity index (χ0) is 29.4. The quantitative estimate of drug-likeness (QED) is 0.339. The summed E-state index contributed by atoms with van der Waals surface area (Å²) in [6, 6.07) is 22.2. The maximum absolute atomic E-state index is 13.5. The van der Waals surface area contributed by atoms with Crippen molar-refractivity contribution in [2.75, 3.05) is 39.3 Å². The molecule has 0 N–H and O–H groups in total. The van der Waals surface area contributed by atoms with Crippen molar-refractivity contribution in [3.8, 4) is 0 Å². The van der Waals surface area contributed by atoms with Crippen LogP contribution in [0.25, 0.3) is 0 Å². The van der Waals surface area contributed by atoms with Crippen LogP contribution < -0.4 is 0 Å². The third-order valence-corrected chi connectivity index (χ3v) is 8.35. The predicted molar refractivity (Wildman–Crippen MR) is 148 cm³/mol. The number of nitrogens with zero attached hydrogens (tertiary/aromatic N) is 3. The van der Waals surface area contributed by atoms with E-state index < -0.39 is 34.1 Å². The molecule has 4 rings (SSSR count). The number of rotatable bonds is 4. The average molecular weight is 580 g/mol. The first kappa shape index (κ1) is 29.4. The van der Waals surface area contributed by atoms with Crippen LogP contribution in [-0.2, 0) is 19.5 Å². The van der Waals surface area contributed by atoms with Gasteiger partial charge in [-0.3, -0.25) is 0 Å². The van der Waals surface area contributed by atoms with Crippen LogP contribution in [0.1, 0.15) is 26.3 Å². The standard InChI is InChI=1S/C29H29N3O8S/c1-22-12-14-25(15-13-22)41(37,38)32-20-18-30(28(35)39-26(33)23-8-4-2-5-9-23)16-17-31(19-21-32)29(36)40-27(34)24-10-6-3-7-11-24/h2-15H,16-21H2,1H3. The molecule has 0 spiro atoms. The van der Waals surface area contributed by atoms with Gasteiger partial charge in [0.2, 0.25) is 10.0 Å². The van der Waals surface area contributed by atoms with Gasteiger partial charge in [-0.1, -0.05) is 54.1 Å². The minimum Gasteiger partial charge on any atom is -0.372 e. The van der Waals surface area contributed by atoms with Crippen molar-refractivity contribution in [3.05, 3.63) is 102 Å². The van der Waals surface area contributed by atoms with E-state index in [0.717, 1.165) is 19.7 Å². The minimum atomic E-state index is -4.02. The Morgan fingerprint density at radius 2 is 0.976 bits per heavy atom. The van der Waals surface area contributed by atoms with Crippen LogP contribution in [0.2, 0.25) is 0 Å². The average Bonchev–Trinajstić information content (AvgIpc) is 3.09. The molecule has 2 amide bonds. The van der Waals surface area contributed by atoms with Gasteiger partial charge in [0.15, 0.2) is 0 Å². The van der Waals surface area contributed by atoms with E-state index in [0.29, 0.717) is 0 Å². The van der Waals surface area contributed by atoms with E-state index in [-0.39, 0.29) is 55.3 Å². The molecule has 3 aromatic carbocycles. The maximum Gasteiger partial charge on any atom is 0.417 e. The van der Waals surface area contributed by atoms with Crippen LogP contribution in [-0.4, -0.2) is 85.9 Å². The number of benzene rings is 3. The molecule has 1 saturated heterocycles. The fraction of sp³-hybridized carbons (Fsp3) is 0.241. The SMILES string of the molecule is Cc1ccc(S(=O)(=O)N2CCN(C(=O)OC(=O)c3ccccc3)CCN(C(=O)OC(=O)c3ccccc3)CC2)cc1. The van der Waals surface area contributed by atoms with Gasteiger partial charge in [-0.15, -0.1) is 0 Å². The molecule has 1 heterocycles. The van der Waals surface area contributed by atoms with Crippen LogP contribution in [0.3, 0.4) is 0 Å². The third-order valence-electron chi connectivity index (χ3n) is 6.43. The fourth-order valence-corrected chi connectivity index (χ4v) is 5.48. The van der Waals surface area contributed by atoms with Gasteiger partial charge in [0, 0.05) is 39.3 Å². The Morgan fingerprint density at radius 3 is 1.39 bits per heavy atom. The van der Waals surface area contributed by atoms with Gasteiger partial charge in [-0.25, -0.2) is 27.6 Å². The van der Waals surface area contributed by atoms with Crippen molar-refractivity contribution < 1.29 is 37.1 Å². The van der Waals surface area contributed by atoms with Crippen molar-refractivity contribution in [2.45, 2.75) is 11.8 Å². The molecule has 214 valence electrons. The molecule has 0 unspecified atom stereocenters. The van der Waals surface area contributed by atoms with Crippen molar-refractivity contribution >= 4 is 34.1 Å². The molecule has 0 aromatic heterocycles. The molecule has 0 atom stereocenters. The fourth-order valence-electron chi connectivity index (χ4n) is 4.06. The highest BCUT2D eigenvalue weighted by molar-refractivity contribution is 7.89. The van der Waals surface area contributed by atoms with Crippen molar-refractivity contribution in [1.29, 1.82) is 0 Å². The first-order chi connectivity index (χ1) is 19.6. The van der Waals surface area contributed by atoms with Crippen molar-refractivity contribution in [3.63, 3.8) is 0 Å². The molecule has 0 bridgehead atoms. The second-order valence-corrected chi connectivity index (χ2v) is 11.2. The van der Waals surface area contributed by atoms with E-state index >= 15 is 0 Å². The number of amides is 2. The normalized spacial score (nSPS) is 14.8. The van der Waals surface area contributed by atoms with Crippen LogP contribution in [0.15, 0.2) is 89.8 Å². The summed E-state index contributed by atoms with van der Waals surface area (Å²) >= 11 is 0. The summed E-state index contributed by atoms with van der Waals surface area (Å²) in [6.07, 6.45) is -2.00. The van der Waals surface area contributed by atoms with Gasteiger partial charge in [-0.05, 0) is 43.3 Å². The summed E-state index contributed by atoms with van der Waals surface area (Å²) in [7, 11) is -4.02. The summed E-state index contributed by atoms with van der Waals surface area (Å²) in [5.41, 5.74) is 1.21. The Bertz CT molecular complexity index is 1420. The van der Waals surface area contributed by atoms with Crippen LogP contribution in [0.4, 0.5) is 9.59 Å². The third kappa shape index (κ3) is 7.56. The first-order valence-electron chi connectivity index (χ1n) is 12.8. The molecule has 1 aliphatic heterocycles. The summed E-state index contributed by atoms with van der Waals surface area (Å²) < 4.78 is 38.2. The lowest BCUT2D eigenvalue weighted by Gasteiger charge is -2.25. The van der Waals surface area contributed by atoms with Gasteiger partial charge in [0.1, 0.15) is 0 Å². The zero-order valence-electron chi connectivity index (χ0n) is 22.3. The molecule has 41 heavy (non-hydrogen) atoms. The molecule has 12 heteroatoms. The number of carbonyl (C=O) groups is 4. The lowest BCUT2D eigenvalue weighted by Crippen LogP contribution is -2.43. The van der Waals surface area contributed by atoms with Gasteiger partial charge in [0.25, 0.3) is 0 Å². The lowest BCUT2D eigenvalue weighted by atomic mass is 10.2. The van der Waals surface area contributed by atoms with Gasteiger partial charge < -0.3 is 19.3 Å². The second-order valence-electron chi connectivity index (χ2n) is 9.23. The van der Waals surface area contributed by atoms with E-state index in [4.69, 9.17) is 9.47 Å². The number of sulfonamides is 1. The Hall–Kier alpha value is -4.55. The van der Waals surface area contributed by atoms with Crippen molar-refractivity contribution in [1.82, 2.24) is 14.1 Å². The number of esters is 2. The summed E-state index contributed by atoms with van der Waals surface area (Å²) in [6.45, 7) is 1.14. The van der Waals surface area contributed by atoms with E-state index in [2.05, 4.69) is 0 Å². The minimum absolute atomic E-state index is 0.0455. The monoisotopic (exact) mass is 579 g/mol. The van der Waals surface area contributed by atoms with Gasteiger partial charge >= 0.3 is 24.1 Å². The Labute approximate surface area is 237 Å². The molecule has 0 radical (unpaired) electrons. The number of aryl methyl sites for hydroxylation is 1. The first-order valence-corrected chi connectivity index (χ1v) is 14.3. The van der Waals surface area contributed by atoms with E-state index in [1.807, 2.05) is 6.92 Å².